The van der Waals surface area contributed by atoms with Crippen molar-refractivity contribution >= 4 is 0 Å². The summed E-state index contributed by atoms with van der Waals surface area (Å²) in [6.07, 6.45) is 3.93. The van der Waals surface area contributed by atoms with E-state index in [1.165, 1.54) is 30.4 Å². The molecule has 2 aromatic carbocycles. The number of hydrogen-bond acceptors (Lipinski definition) is 1. The van der Waals surface area contributed by atoms with Crippen LogP contribution >= 0.6 is 0 Å². The highest BCUT2D eigenvalue weighted by Gasteiger charge is 2.25. The fourth-order valence-corrected chi connectivity index (χ4v) is 3.14. The Morgan fingerprint density at radius 2 is 1.37 bits per heavy atom. The van der Waals surface area contributed by atoms with Crippen molar-refractivity contribution in [3.05, 3.63) is 71.8 Å². The van der Waals surface area contributed by atoms with Crippen LogP contribution in [0.4, 0.5) is 0 Å². The number of benzene rings is 2. The van der Waals surface area contributed by atoms with Crippen molar-refractivity contribution < 1.29 is 0 Å². The van der Waals surface area contributed by atoms with E-state index in [-0.39, 0.29) is 0 Å². The minimum absolute atomic E-state index is 0.475. The topological polar surface area (TPSA) is 12.0 Å². The summed E-state index contributed by atoms with van der Waals surface area (Å²) in [5, 5.41) is 3.72. The number of hydrogen-bond donors (Lipinski definition) is 1. The average Bonchev–Trinajstić information content (AvgIpc) is 2.51. The molecular formula is C18H21N. The molecule has 0 unspecified atom stereocenters. The van der Waals surface area contributed by atoms with Crippen LogP contribution in [0.15, 0.2) is 60.7 Å². The molecule has 0 amide bonds. The molecule has 98 valence electrons. The smallest absolute Gasteiger partial charge is 0.0243 e. The van der Waals surface area contributed by atoms with Crippen LogP contribution in [0.2, 0.25) is 0 Å². The first kappa shape index (κ1) is 12.4. The van der Waals surface area contributed by atoms with Gasteiger partial charge in [-0.1, -0.05) is 67.1 Å². The summed E-state index contributed by atoms with van der Waals surface area (Å²) in [6, 6.07) is 22.4. The Morgan fingerprint density at radius 3 is 1.84 bits per heavy atom. The second-order valence-corrected chi connectivity index (χ2v) is 5.36. The van der Waals surface area contributed by atoms with Crippen LogP contribution in [0.1, 0.15) is 36.3 Å². The highest BCUT2D eigenvalue weighted by Crippen LogP contribution is 2.31. The molecule has 1 N–H and O–H groups in total. The van der Waals surface area contributed by atoms with E-state index in [4.69, 9.17) is 0 Å². The summed E-state index contributed by atoms with van der Waals surface area (Å²) >= 11 is 0. The molecule has 0 spiro atoms. The molecule has 1 aliphatic heterocycles. The highest BCUT2D eigenvalue weighted by molar-refractivity contribution is 5.34. The van der Waals surface area contributed by atoms with Gasteiger partial charge in [0.15, 0.2) is 0 Å². The molecule has 0 radical (unpaired) electrons. The standard InChI is InChI=1S/C18H21N/c1-3-9-15(10-4-1)18(16-11-5-2-6-12-16)17-13-7-8-14-19-17/h1-6,9-12,17-19H,7-8,13-14H2/t17-/m0/s1. The monoisotopic (exact) mass is 251 g/mol. The Kier molecular flexibility index (Phi) is 3.95. The van der Waals surface area contributed by atoms with E-state index in [0.717, 1.165) is 6.54 Å². The molecule has 1 fully saturated rings. The number of piperidine rings is 1. The molecule has 0 bridgehead atoms. The van der Waals surface area contributed by atoms with Gasteiger partial charge in [0.2, 0.25) is 0 Å². The van der Waals surface area contributed by atoms with Crippen molar-refractivity contribution in [3.8, 4) is 0 Å². The quantitative estimate of drug-likeness (QED) is 0.870. The summed E-state index contributed by atoms with van der Waals surface area (Å²) in [7, 11) is 0. The predicted molar refractivity (Wildman–Crippen MR) is 80.4 cm³/mol. The van der Waals surface area contributed by atoms with E-state index in [1.807, 2.05) is 0 Å². The van der Waals surface area contributed by atoms with Gasteiger partial charge >= 0.3 is 0 Å². The van der Waals surface area contributed by atoms with Crippen LogP contribution in [-0.4, -0.2) is 12.6 Å². The fourth-order valence-electron chi connectivity index (χ4n) is 3.14. The van der Waals surface area contributed by atoms with Gasteiger partial charge in [0.25, 0.3) is 0 Å². The first-order valence-corrected chi connectivity index (χ1v) is 7.28. The fraction of sp³-hybridized carbons (Fsp3) is 0.333. The van der Waals surface area contributed by atoms with Gasteiger partial charge in [0, 0.05) is 12.0 Å². The van der Waals surface area contributed by atoms with Gasteiger partial charge in [0.05, 0.1) is 0 Å². The maximum Gasteiger partial charge on any atom is 0.0243 e. The SMILES string of the molecule is c1ccc(C(c2ccccc2)[C@@H]2CCCCN2)cc1. The zero-order valence-electron chi connectivity index (χ0n) is 11.3. The Balaban J connectivity index is 1.96. The van der Waals surface area contributed by atoms with E-state index in [9.17, 15) is 0 Å². The van der Waals surface area contributed by atoms with Crippen molar-refractivity contribution in [2.45, 2.75) is 31.2 Å². The van der Waals surface area contributed by atoms with Crippen LogP contribution in [0, 0.1) is 0 Å². The largest absolute Gasteiger partial charge is 0.313 e. The Labute approximate surface area is 115 Å². The van der Waals surface area contributed by atoms with Gasteiger partial charge in [-0.05, 0) is 30.5 Å². The van der Waals surface area contributed by atoms with Crippen LogP contribution in [0.3, 0.4) is 0 Å². The molecule has 1 aliphatic rings. The molecule has 0 aliphatic carbocycles. The summed E-state index contributed by atoms with van der Waals surface area (Å²) < 4.78 is 0. The molecule has 1 heterocycles. The molecule has 2 aromatic rings. The van der Waals surface area contributed by atoms with E-state index in [1.54, 1.807) is 0 Å². The molecule has 0 saturated carbocycles. The zero-order valence-corrected chi connectivity index (χ0v) is 11.3. The van der Waals surface area contributed by atoms with Crippen LogP contribution in [0.5, 0.6) is 0 Å². The van der Waals surface area contributed by atoms with E-state index in [2.05, 4.69) is 66.0 Å². The number of rotatable bonds is 3. The molecule has 1 heteroatoms. The molecule has 1 nitrogen and oxygen atoms in total. The third kappa shape index (κ3) is 2.87. The molecule has 1 saturated heterocycles. The van der Waals surface area contributed by atoms with E-state index in [0.29, 0.717) is 12.0 Å². The minimum atomic E-state index is 0.475. The molecular weight excluding hydrogens is 230 g/mol. The zero-order chi connectivity index (χ0) is 12.9. The van der Waals surface area contributed by atoms with Gasteiger partial charge in [0.1, 0.15) is 0 Å². The second kappa shape index (κ2) is 6.03. The number of nitrogens with one attached hydrogen (secondary N) is 1. The lowest BCUT2D eigenvalue weighted by atomic mass is 9.81. The van der Waals surface area contributed by atoms with Crippen LogP contribution in [-0.2, 0) is 0 Å². The van der Waals surface area contributed by atoms with E-state index < -0.39 is 0 Å². The summed E-state index contributed by atoms with van der Waals surface area (Å²) in [5.41, 5.74) is 2.85. The highest BCUT2D eigenvalue weighted by atomic mass is 14.9. The first-order chi connectivity index (χ1) is 9.45. The van der Waals surface area contributed by atoms with Crippen molar-refractivity contribution in [2.24, 2.45) is 0 Å². The van der Waals surface area contributed by atoms with Crippen LogP contribution < -0.4 is 5.32 Å². The van der Waals surface area contributed by atoms with Gasteiger partial charge < -0.3 is 5.32 Å². The third-order valence-corrected chi connectivity index (χ3v) is 4.07. The Morgan fingerprint density at radius 1 is 0.789 bits per heavy atom. The predicted octanol–water partition coefficient (Wildman–Crippen LogP) is 3.96. The van der Waals surface area contributed by atoms with Gasteiger partial charge in [-0.3, -0.25) is 0 Å². The lowest BCUT2D eigenvalue weighted by Crippen LogP contribution is -2.39. The Hall–Kier alpha value is -1.60. The molecule has 19 heavy (non-hydrogen) atoms. The van der Waals surface area contributed by atoms with Crippen molar-refractivity contribution in [2.75, 3.05) is 6.54 Å². The minimum Gasteiger partial charge on any atom is -0.313 e. The lowest BCUT2D eigenvalue weighted by molar-refractivity contribution is 0.372. The summed E-state index contributed by atoms with van der Waals surface area (Å²) in [5.74, 6) is 0.475. The van der Waals surface area contributed by atoms with Gasteiger partial charge in [-0.25, -0.2) is 0 Å². The van der Waals surface area contributed by atoms with Crippen molar-refractivity contribution in [3.63, 3.8) is 0 Å². The lowest BCUT2D eigenvalue weighted by Gasteiger charge is -2.32. The summed E-state index contributed by atoms with van der Waals surface area (Å²) in [6.45, 7) is 1.15. The van der Waals surface area contributed by atoms with Crippen molar-refractivity contribution in [1.82, 2.24) is 5.32 Å². The molecule has 1 atom stereocenters. The molecule has 0 aromatic heterocycles. The average molecular weight is 251 g/mol. The van der Waals surface area contributed by atoms with E-state index >= 15 is 0 Å². The van der Waals surface area contributed by atoms with Crippen molar-refractivity contribution in [1.29, 1.82) is 0 Å². The molecule has 3 rings (SSSR count). The first-order valence-electron chi connectivity index (χ1n) is 7.28. The summed E-state index contributed by atoms with van der Waals surface area (Å²) in [4.78, 5) is 0. The van der Waals surface area contributed by atoms with Gasteiger partial charge in [-0.15, -0.1) is 0 Å². The van der Waals surface area contributed by atoms with Gasteiger partial charge in [-0.2, -0.15) is 0 Å². The van der Waals surface area contributed by atoms with Crippen LogP contribution in [0.25, 0.3) is 0 Å². The third-order valence-electron chi connectivity index (χ3n) is 4.07. The Bertz CT molecular complexity index is 446. The maximum atomic E-state index is 3.72. The normalized spacial score (nSPS) is 19.5. The maximum absolute atomic E-state index is 3.72. The second-order valence-electron chi connectivity index (χ2n) is 5.36.